The summed E-state index contributed by atoms with van der Waals surface area (Å²) in [6.45, 7) is 1.75. The standard InChI is InChI=1S/C18H19Cl2NO3S/c1-13(18(22)21(2)11-14-6-4-3-5-7-14)25(23,24)12-15-8-9-16(19)10-17(15)20/h3-10,13H,11-12H2,1-2H3. The number of benzene rings is 2. The first-order valence-electron chi connectivity index (χ1n) is 7.65. The van der Waals surface area contributed by atoms with Crippen molar-refractivity contribution in [3.05, 3.63) is 69.7 Å². The van der Waals surface area contributed by atoms with Crippen LogP contribution in [0.1, 0.15) is 18.1 Å². The zero-order chi connectivity index (χ0) is 18.6. The first kappa shape index (κ1) is 19.8. The van der Waals surface area contributed by atoms with Gasteiger partial charge in [-0.15, -0.1) is 0 Å². The second-order valence-electron chi connectivity index (χ2n) is 5.87. The summed E-state index contributed by atoms with van der Waals surface area (Å²) in [5.41, 5.74) is 1.36. The average Bonchev–Trinajstić information content (AvgIpc) is 2.57. The van der Waals surface area contributed by atoms with Crippen molar-refractivity contribution in [3.8, 4) is 0 Å². The highest BCUT2D eigenvalue weighted by atomic mass is 35.5. The number of hydrogen-bond donors (Lipinski definition) is 0. The molecule has 0 radical (unpaired) electrons. The third-order valence-electron chi connectivity index (χ3n) is 3.90. The predicted molar refractivity (Wildman–Crippen MR) is 101 cm³/mol. The number of carbonyl (C=O) groups is 1. The van der Waals surface area contributed by atoms with Gasteiger partial charge in [-0.05, 0) is 30.2 Å². The Bertz CT molecular complexity index is 854. The Morgan fingerprint density at radius 1 is 1.12 bits per heavy atom. The van der Waals surface area contributed by atoms with E-state index < -0.39 is 21.0 Å². The van der Waals surface area contributed by atoms with Crippen molar-refractivity contribution in [2.75, 3.05) is 7.05 Å². The molecule has 0 aliphatic heterocycles. The van der Waals surface area contributed by atoms with E-state index in [1.165, 1.54) is 17.9 Å². The summed E-state index contributed by atoms with van der Waals surface area (Å²) in [6.07, 6.45) is 0. The van der Waals surface area contributed by atoms with Crippen LogP contribution in [0.5, 0.6) is 0 Å². The van der Waals surface area contributed by atoms with E-state index in [2.05, 4.69) is 0 Å². The fourth-order valence-corrected chi connectivity index (χ4v) is 4.36. The average molecular weight is 400 g/mol. The molecule has 0 saturated carbocycles. The van der Waals surface area contributed by atoms with E-state index in [9.17, 15) is 13.2 Å². The van der Waals surface area contributed by atoms with Crippen LogP contribution in [0.15, 0.2) is 48.5 Å². The van der Waals surface area contributed by atoms with E-state index in [0.29, 0.717) is 17.1 Å². The summed E-state index contributed by atoms with van der Waals surface area (Å²) in [6, 6.07) is 14.0. The van der Waals surface area contributed by atoms with Gasteiger partial charge in [0.2, 0.25) is 5.91 Å². The monoisotopic (exact) mass is 399 g/mol. The van der Waals surface area contributed by atoms with E-state index >= 15 is 0 Å². The van der Waals surface area contributed by atoms with Crippen LogP contribution in [0.25, 0.3) is 0 Å². The van der Waals surface area contributed by atoms with Crippen molar-refractivity contribution in [2.45, 2.75) is 24.5 Å². The van der Waals surface area contributed by atoms with Crippen molar-refractivity contribution in [1.82, 2.24) is 4.90 Å². The summed E-state index contributed by atoms with van der Waals surface area (Å²) in [7, 11) is -2.11. The van der Waals surface area contributed by atoms with Gasteiger partial charge in [0, 0.05) is 23.6 Å². The molecule has 0 aliphatic rings. The molecule has 0 bridgehead atoms. The van der Waals surface area contributed by atoms with E-state index in [1.54, 1.807) is 19.2 Å². The second kappa shape index (κ2) is 8.21. The summed E-state index contributed by atoms with van der Waals surface area (Å²) in [5, 5.41) is -0.459. The lowest BCUT2D eigenvalue weighted by molar-refractivity contribution is -0.129. The van der Waals surface area contributed by atoms with Crippen LogP contribution in [-0.4, -0.2) is 31.5 Å². The van der Waals surface area contributed by atoms with Crippen LogP contribution in [0, 0.1) is 0 Å². The molecule has 0 N–H and O–H groups in total. The molecule has 2 aromatic carbocycles. The predicted octanol–water partition coefficient (Wildman–Crippen LogP) is 3.96. The molecule has 7 heteroatoms. The van der Waals surface area contributed by atoms with Crippen LogP contribution >= 0.6 is 23.2 Å². The molecule has 4 nitrogen and oxygen atoms in total. The van der Waals surface area contributed by atoms with Crippen molar-refractivity contribution in [1.29, 1.82) is 0 Å². The molecule has 0 saturated heterocycles. The normalized spacial score (nSPS) is 12.6. The van der Waals surface area contributed by atoms with Gasteiger partial charge in [0.1, 0.15) is 5.25 Å². The van der Waals surface area contributed by atoms with E-state index in [-0.39, 0.29) is 10.8 Å². The smallest absolute Gasteiger partial charge is 0.240 e. The van der Waals surface area contributed by atoms with Gasteiger partial charge in [0.25, 0.3) is 0 Å². The number of carbonyl (C=O) groups excluding carboxylic acids is 1. The number of rotatable bonds is 6. The quantitative estimate of drug-likeness (QED) is 0.738. The van der Waals surface area contributed by atoms with Gasteiger partial charge in [-0.1, -0.05) is 59.6 Å². The summed E-state index contributed by atoms with van der Waals surface area (Å²) < 4.78 is 25.2. The molecule has 1 atom stereocenters. The lowest BCUT2D eigenvalue weighted by atomic mass is 10.2. The third-order valence-corrected chi connectivity index (χ3v) is 6.48. The molecule has 0 spiro atoms. The molecule has 2 rings (SSSR count). The fraction of sp³-hybridized carbons (Fsp3) is 0.278. The Hall–Kier alpha value is -1.56. The molecule has 0 fully saturated rings. The lowest BCUT2D eigenvalue weighted by Crippen LogP contribution is -2.39. The van der Waals surface area contributed by atoms with Gasteiger partial charge in [-0.2, -0.15) is 0 Å². The van der Waals surface area contributed by atoms with Gasteiger partial charge >= 0.3 is 0 Å². The Labute approximate surface area is 158 Å². The van der Waals surface area contributed by atoms with Crippen LogP contribution in [0.3, 0.4) is 0 Å². The number of nitrogens with zero attached hydrogens (tertiary/aromatic N) is 1. The van der Waals surface area contributed by atoms with Gasteiger partial charge in [0.05, 0.1) is 5.75 Å². The van der Waals surface area contributed by atoms with E-state index in [1.807, 2.05) is 30.3 Å². The van der Waals surface area contributed by atoms with E-state index in [0.717, 1.165) is 5.56 Å². The zero-order valence-corrected chi connectivity index (χ0v) is 16.3. The highest BCUT2D eigenvalue weighted by Gasteiger charge is 2.31. The molecular formula is C18H19Cl2NO3S. The van der Waals surface area contributed by atoms with Gasteiger partial charge in [-0.25, -0.2) is 8.42 Å². The first-order valence-corrected chi connectivity index (χ1v) is 10.1. The number of hydrogen-bond acceptors (Lipinski definition) is 3. The highest BCUT2D eigenvalue weighted by molar-refractivity contribution is 7.92. The summed E-state index contributed by atoms with van der Waals surface area (Å²) in [4.78, 5) is 13.9. The van der Waals surface area contributed by atoms with Crippen LogP contribution in [-0.2, 0) is 26.9 Å². The molecule has 1 unspecified atom stereocenters. The number of sulfone groups is 1. The molecule has 25 heavy (non-hydrogen) atoms. The molecule has 134 valence electrons. The molecule has 1 amide bonds. The van der Waals surface area contributed by atoms with Gasteiger partial charge in [-0.3, -0.25) is 4.79 Å². The summed E-state index contributed by atoms with van der Waals surface area (Å²) >= 11 is 11.9. The van der Waals surface area contributed by atoms with Crippen molar-refractivity contribution in [2.24, 2.45) is 0 Å². The maximum atomic E-state index is 12.6. The van der Waals surface area contributed by atoms with Crippen LogP contribution < -0.4 is 0 Å². The summed E-state index contributed by atoms with van der Waals surface area (Å²) in [5.74, 6) is -0.760. The maximum Gasteiger partial charge on any atom is 0.240 e. The first-order chi connectivity index (χ1) is 11.7. The van der Waals surface area contributed by atoms with Gasteiger partial charge < -0.3 is 4.90 Å². The Kier molecular flexibility index (Phi) is 6.49. The molecule has 2 aromatic rings. The van der Waals surface area contributed by atoms with E-state index in [4.69, 9.17) is 23.2 Å². The van der Waals surface area contributed by atoms with Crippen LogP contribution in [0.4, 0.5) is 0 Å². The Balaban J connectivity index is 2.11. The van der Waals surface area contributed by atoms with Crippen molar-refractivity contribution >= 4 is 38.9 Å². The zero-order valence-electron chi connectivity index (χ0n) is 13.9. The maximum absolute atomic E-state index is 12.6. The third kappa shape index (κ3) is 5.21. The lowest BCUT2D eigenvalue weighted by Gasteiger charge is -2.22. The molecule has 0 aromatic heterocycles. The van der Waals surface area contributed by atoms with Crippen molar-refractivity contribution < 1.29 is 13.2 Å². The SMILES string of the molecule is CC(C(=O)N(C)Cc1ccccc1)S(=O)(=O)Cc1ccc(Cl)cc1Cl. The number of amides is 1. The molecular weight excluding hydrogens is 381 g/mol. The van der Waals surface area contributed by atoms with Crippen LogP contribution in [0.2, 0.25) is 10.0 Å². The van der Waals surface area contributed by atoms with Crippen molar-refractivity contribution in [3.63, 3.8) is 0 Å². The minimum atomic E-state index is -3.70. The Morgan fingerprint density at radius 3 is 2.36 bits per heavy atom. The minimum Gasteiger partial charge on any atom is -0.340 e. The highest BCUT2D eigenvalue weighted by Crippen LogP contribution is 2.24. The topological polar surface area (TPSA) is 54.5 Å². The minimum absolute atomic E-state index is 0.272. The fourth-order valence-electron chi connectivity index (χ4n) is 2.38. The Morgan fingerprint density at radius 2 is 1.76 bits per heavy atom. The molecule has 0 heterocycles. The second-order valence-corrected chi connectivity index (χ2v) is 9.03. The number of halogens is 2. The largest absolute Gasteiger partial charge is 0.340 e. The molecule has 0 aliphatic carbocycles. The van der Waals surface area contributed by atoms with Gasteiger partial charge in [0.15, 0.2) is 9.84 Å².